The zero-order valence-electron chi connectivity index (χ0n) is 8.52. The van der Waals surface area contributed by atoms with E-state index in [9.17, 15) is 5.11 Å². The molecule has 76 valence electrons. The zero-order valence-corrected chi connectivity index (χ0v) is 8.52. The third kappa shape index (κ3) is 2.36. The average molecular weight is 190 g/mol. The topological polar surface area (TPSA) is 20.2 Å². The van der Waals surface area contributed by atoms with Crippen LogP contribution in [0, 0.1) is 5.92 Å². The minimum absolute atomic E-state index is 0.0658. The normalized spacial score (nSPS) is 27.5. The molecule has 14 heavy (non-hydrogen) atoms. The molecular weight excluding hydrogens is 172 g/mol. The molecule has 0 saturated heterocycles. The fraction of sp³-hybridized carbons (Fsp3) is 0.538. The molecule has 1 aromatic carbocycles. The maximum absolute atomic E-state index is 9.83. The highest BCUT2D eigenvalue weighted by molar-refractivity contribution is 5.15. The summed E-state index contributed by atoms with van der Waals surface area (Å²) >= 11 is 0. The van der Waals surface area contributed by atoms with Crippen LogP contribution in [0.3, 0.4) is 0 Å². The second-order valence-electron chi connectivity index (χ2n) is 4.30. The van der Waals surface area contributed by atoms with E-state index in [4.69, 9.17) is 0 Å². The van der Waals surface area contributed by atoms with Crippen LogP contribution in [0.25, 0.3) is 0 Å². The summed E-state index contributed by atoms with van der Waals surface area (Å²) in [4.78, 5) is 0. The van der Waals surface area contributed by atoms with Gasteiger partial charge in [-0.1, -0.05) is 43.2 Å². The third-order valence-electron chi connectivity index (χ3n) is 3.21. The van der Waals surface area contributed by atoms with E-state index < -0.39 is 0 Å². The number of hydrogen-bond donors (Lipinski definition) is 1. The van der Waals surface area contributed by atoms with Crippen molar-refractivity contribution >= 4 is 0 Å². The summed E-state index contributed by atoms with van der Waals surface area (Å²) in [7, 11) is 0. The van der Waals surface area contributed by atoms with Crippen LogP contribution in [0.4, 0.5) is 0 Å². The SMILES string of the molecule is OC1CCCCC1Cc1ccccc1. The van der Waals surface area contributed by atoms with E-state index in [1.807, 2.05) is 6.07 Å². The van der Waals surface area contributed by atoms with Gasteiger partial charge >= 0.3 is 0 Å². The van der Waals surface area contributed by atoms with Crippen LogP contribution in [0.1, 0.15) is 31.2 Å². The fourth-order valence-corrected chi connectivity index (χ4v) is 2.34. The Labute approximate surface area is 85.8 Å². The molecule has 0 bridgehead atoms. The van der Waals surface area contributed by atoms with Gasteiger partial charge in [0.1, 0.15) is 0 Å². The molecule has 1 aromatic rings. The van der Waals surface area contributed by atoms with Crippen molar-refractivity contribution in [3.05, 3.63) is 35.9 Å². The molecule has 0 amide bonds. The molecule has 0 aliphatic heterocycles. The first kappa shape index (κ1) is 9.72. The molecule has 2 unspecified atom stereocenters. The zero-order chi connectivity index (χ0) is 9.80. The minimum atomic E-state index is -0.0658. The maximum atomic E-state index is 9.83. The fourth-order valence-electron chi connectivity index (χ4n) is 2.34. The van der Waals surface area contributed by atoms with Crippen molar-refractivity contribution in [1.29, 1.82) is 0 Å². The molecule has 0 radical (unpaired) electrons. The summed E-state index contributed by atoms with van der Waals surface area (Å²) in [6, 6.07) is 10.5. The number of aliphatic hydroxyl groups excluding tert-OH is 1. The first-order valence-electron chi connectivity index (χ1n) is 5.58. The van der Waals surface area contributed by atoms with Crippen molar-refractivity contribution in [2.75, 3.05) is 0 Å². The van der Waals surface area contributed by atoms with Gasteiger partial charge in [-0.2, -0.15) is 0 Å². The predicted molar refractivity (Wildman–Crippen MR) is 58.1 cm³/mol. The van der Waals surface area contributed by atoms with E-state index in [2.05, 4.69) is 24.3 Å². The Hall–Kier alpha value is -0.820. The van der Waals surface area contributed by atoms with Gasteiger partial charge in [0.05, 0.1) is 6.10 Å². The van der Waals surface area contributed by atoms with Crippen molar-refractivity contribution in [3.63, 3.8) is 0 Å². The molecule has 1 aliphatic carbocycles. The first-order valence-corrected chi connectivity index (χ1v) is 5.58. The van der Waals surface area contributed by atoms with E-state index in [1.54, 1.807) is 0 Å². The molecule has 2 atom stereocenters. The molecule has 1 fully saturated rings. The van der Waals surface area contributed by atoms with Crippen molar-refractivity contribution in [2.45, 2.75) is 38.2 Å². The van der Waals surface area contributed by atoms with Crippen LogP contribution >= 0.6 is 0 Å². The van der Waals surface area contributed by atoms with Gasteiger partial charge < -0.3 is 5.11 Å². The first-order chi connectivity index (χ1) is 6.86. The summed E-state index contributed by atoms with van der Waals surface area (Å²) in [6.45, 7) is 0. The highest BCUT2D eigenvalue weighted by Crippen LogP contribution is 2.27. The lowest BCUT2D eigenvalue weighted by Crippen LogP contribution is -2.26. The van der Waals surface area contributed by atoms with E-state index in [0.717, 1.165) is 12.8 Å². The molecule has 0 aromatic heterocycles. The number of aliphatic hydroxyl groups is 1. The Morgan fingerprint density at radius 2 is 1.79 bits per heavy atom. The van der Waals surface area contributed by atoms with Crippen LogP contribution < -0.4 is 0 Å². The molecule has 0 spiro atoms. The maximum Gasteiger partial charge on any atom is 0.0571 e. The minimum Gasteiger partial charge on any atom is -0.393 e. The molecule has 0 heterocycles. The Morgan fingerprint density at radius 1 is 1.07 bits per heavy atom. The third-order valence-corrected chi connectivity index (χ3v) is 3.21. The van der Waals surface area contributed by atoms with Gasteiger partial charge in [0.25, 0.3) is 0 Å². The highest BCUT2D eigenvalue weighted by Gasteiger charge is 2.22. The Morgan fingerprint density at radius 3 is 2.50 bits per heavy atom. The van der Waals surface area contributed by atoms with E-state index in [0.29, 0.717) is 5.92 Å². The molecular formula is C13H18O. The van der Waals surface area contributed by atoms with Crippen molar-refractivity contribution in [3.8, 4) is 0 Å². The van der Waals surface area contributed by atoms with Crippen molar-refractivity contribution in [2.24, 2.45) is 5.92 Å². The number of hydrogen-bond acceptors (Lipinski definition) is 1. The van der Waals surface area contributed by atoms with Gasteiger partial charge in [-0.15, -0.1) is 0 Å². The lowest BCUT2D eigenvalue weighted by Gasteiger charge is -2.27. The van der Waals surface area contributed by atoms with Crippen LogP contribution in [-0.4, -0.2) is 11.2 Å². The Bertz CT molecular complexity index is 268. The molecule has 1 nitrogen and oxygen atoms in total. The van der Waals surface area contributed by atoms with Gasteiger partial charge in [0.2, 0.25) is 0 Å². The lowest BCUT2D eigenvalue weighted by atomic mass is 9.82. The Balaban J connectivity index is 1.96. The largest absolute Gasteiger partial charge is 0.393 e. The number of rotatable bonds is 2. The van der Waals surface area contributed by atoms with Crippen LogP contribution in [0.15, 0.2) is 30.3 Å². The van der Waals surface area contributed by atoms with E-state index in [-0.39, 0.29) is 6.10 Å². The lowest BCUT2D eigenvalue weighted by molar-refractivity contribution is 0.0700. The predicted octanol–water partition coefficient (Wildman–Crippen LogP) is 2.78. The van der Waals surface area contributed by atoms with Crippen LogP contribution in [-0.2, 0) is 6.42 Å². The molecule has 1 N–H and O–H groups in total. The molecule has 1 saturated carbocycles. The molecule has 2 rings (SSSR count). The smallest absolute Gasteiger partial charge is 0.0571 e. The summed E-state index contributed by atoms with van der Waals surface area (Å²) in [6.07, 6.45) is 5.65. The summed E-state index contributed by atoms with van der Waals surface area (Å²) < 4.78 is 0. The van der Waals surface area contributed by atoms with Crippen LogP contribution in [0.2, 0.25) is 0 Å². The monoisotopic (exact) mass is 190 g/mol. The number of benzene rings is 1. The van der Waals surface area contributed by atoms with Gasteiger partial charge in [-0.3, -0.25) is 0 Å². The molecule has 1 aliphatic rings. The second kappa shape index (κ2) is 4.61. The average Bonchev–Trinajstić information content (AvgIpc) is 2.23. The summed E-state index contributed by atoms with van der Waals surface area (Å²) in [5.41, 5.74) is 1.36. The van der Waals surface area contributed by atoms with E-state index in [1.165, 1.54) is 24.8 Å². The summed E-state index contributed by atoms with van der Waals surface area (Å²) in [5.74, 6) is 0.492. The van der Waals surface area contributed by atoms with E-state index >= 15 is 0 Å². The van der Waals surface area contributed by atoms with Gasteiger partial charge in [-0.05, 0) is 30.7 Å². The summed E-state index contributed by atoms with van der Waals surface area (Å²) in [5, 5.41) is 9.83. The van der Waals surface area contributed by atoms with Crippen LogP contribution in [0.5, 0.6) is 0 Å². The Kier molecular flexibility index (Phi) is 3.20. The molecule has 1 heteroatoms. The quantitative estimate of drug-likeness (QED) is 0.760. The van der Waals surface area contributed by atoms with Crippen molar-refractivity contribution in [1.82, 2.24) is 0 Å². The van der Waals surface area contributed by atoms with Crippen molar-refractivity contribution < 1.29 is 5.11 Å². The second-order valence-corrected chi connectivity index (χ2v) is 4.30. The standard InChI is InChI=1S/C13H18O/c14-13-9-5-4-8-12(13)10-11-6-2-1-3-7-11/h1-3,6-7,12-14H,4-5,8-10H2. The van der Waals surface area contributed by atoms with Gasteiger partial charge in [0.15, 0.2) is 0 Å². The van der Waals surface area contributed by atoms with Gasteiger partial charge in [0, 0.05) is 0 Å². The van der Waals surface area contributed by atoms with Gasteiger partial charge in [-0.25, -0.2) is 0 Å². The highest BCUT2D eigenvalue weighted by atomic mass is 16.3.